The Morgan fingerprint density at radius 1 is 1.42 bits per heavy atom. The average molecular weight is 164 g/mol. The molecule has 0 atom stereocenters. The highest BCUT2D eigenvalue weighted by molar-refractivity contribution is 5.75. The molecule has 12 heavy (non-hydrogen) atoms. The van der Waals surface area contributed by atoms with E-state index in [1.165, 1.54) is 0 Å². The van der Waals surface area contributed by atoms with E-state index < -0.39 is 0 Å². The highest BCUT2D eigenvalue weighted by atomic mass is 16.1. The van der Waals surface area contributed by atoms with E-state index >= 15 is 0 Å². The van der Waals surface area contributed by atoms with Gasteiger partial charge in [-0.25, -0.2) is 9.50 Å². The second-order valence-corrected chi connectivity index (χ2v) is 2.64. The number of aldehydes is 1. The van der Waals surface area contributed by atoms with Gasteiger partial charge in [0.1, 0.15) is 11.5 Å². The zero-order chi connectivity index (χ0) is 8.72. The number of H-pyrrole nitrogens is 1. The normalized spacial score (nSPS) is 10.8. The summed E-state index contributed by atoms with van der Waals surface area (Å²) in [6, 6.07) is 0. The van der Waals surface area contributed by atoms with Gasteiger partial charge in [0.25, 0.3) is 5.78 Å². The Morgan fingerprint density at radius 3 is 2.83 bits per heavy atom. The van der Waals surface area contributed by atoms with Crippen molar-refractivity contribution in [2.24, 2.45) is 0 Å². The zero-order valence-electron chi connectivity index (χ0n) is 6.83. The van der Waals surface area contributed by atoms with E-state index in [9.17, 15) is 4.79 Å². The molecule has 0 saturated heterocycles. The molecule has 0 aliphatic carbocycles. The fourth-order valence-corrected chi connectivity index (χ4v) is 1.19. The fraction of sp³-hybridized carbons (Fsp3) is 0.286. The van der Waals surface area contributed by atoms with Crippen LogP contribution in [-0.2, 0) is 0 Å². The van der Waals surface area contributed by atoms with Gasteiger partial charge in [-0.05, 0) is 13.8 Å². The van der Waals surface area contributed by atoms with Crippen molar-refractivity contribution >= 4 is 12.1 Å². The first-order chi connectivity index (χ1) is 5.72. The van der Waals surface area contributed by atoms with Gasteiger partial charge in [0, 0.05) is 0 Å². The molecule has 2 aromatic heterocycles. The first kappa shape index (κ1) is 7.02. The maximum absolute atomic E-state index is 10.6. The van der Waals surface area contributed by atoms with Crippen molar-refractivity contribution in [1.82, 2.24) is 19.6 Å². The summed E-state index contributed by atoms with van der Waals surface area (Å²) in [6.07, 6.45) is 0.771. The smallest absolute Gasteiger partial charge is 0.251 e. The number of aromatic nitrogens is 4. The summed E-state index contributed by atoms with van der Waals surface area (Å²) in [5.41, 5.74) is 1.23. The molecule has 5 heteroatoms. The lowest BCUT2D eigenvalue weighted by Crippen LogP contribution is -1.92. The number of rotatable bonds is 1. The Morgan fingerprint density at radius 2 is 2.17 bits per heavy atom. The molecule has 0 amide bonds. The molecule has 0 saturated carbocycles. The van der Waals surface area contributed by atoms with E-state index in [2.05, 4.69) is 15.1 Å². The Bertz CT molecular complexity index is 439. The Labute approximate surface area is 68.4 Å². The van der Waals surface area contributed by atoms with E-state index in [-0.39, 0.29) is 0 Å². The first-order valence-electron chi connectivity index (χ1n) is 3.59. The Hall–Kier alpha value is -1.65. The van der Waals surface area contributed by atoms with Gasteiger partial charge in [-0.1, -0.05) is 0 Å². The van der Waals surface area contributed by atoms with Gasteiger partial charge in [0.2, 0.25) is 0 Å². The maximum Gasteiger partial charge on any atom is 0.251 e. The molecule has 0 aliphatic heterocycles. The quantitative estimate of drug-likeness (QED) is 0.624. The summed E-state index contributed by atoms with van der Waals surface area (Å²) in [5, 5.41) is 2.91. The van der Waals surface area contributed by atoms with Gasteiger partial charge in [0.05, 0.1) is 5.69 Å². The van der Waals surface area contributed by atoms with Crippen molar-refractivity contribution in [3.05, 3.63) is 17.2 Å². The molecule has 0 fully saturated rings. The lowest BCUT2D eigenvalue weighted by atomic mass is 10.4. The van der Waals surface area contributed by atoms with Crippen LogP contribution in [0.1, 0.15) is 22.0 Å². The SMILES string of the molecule is Cc1nc2nc(C)c(C=O)n2[nH]1. The number of aromatic amines is 1. The minimum absolute atomic E-state index is 0.533. The summed E-state index contributed by atoms with van der Waals surface area (Å²) < 4.78 is 1.58. The lowest BCUT2D eigenvalue weighted by Gasteiger charge is -1.86. The van der Waals surface area contributed by atoms with Crippen LogP contribution in [0.4, 0.5) is 0 Å². The summed E-state index contributed by atoms with van der Waals surface area (Å²) in [5.74, 6) is 1.30. The van der Waals surface area contributed by atoms with Gasteiger partial charge in [-0.15, -0.1) is 0 Å². The summed E-state index contributed by atoms with van der Waals surface area (Å²) >= 11 is 0. The second-order valence-electron chi connectivity index (χ2n) is 2.64. The number of imidazole rings is 1. The minimum Gasteiger partial charge on any atom is -0.296 e. The Balaban J connectivity index is 2.86. The number of fused-ring (bicyclic) bond motifs is 1. The number of aryl methyl sites for hydroxylation is 2. The van der Waals surface area contributed by atoms with Gasteiger partial charge < -0.3 is 0 Å². The van der Waals surface area contributed by atoms with E-state index in [4.69, 9.17) is 0 Å². The van der Waals surface area contributed by atoms with Crippen molar-refractivity contribution < 1.29 is 4.79 Å². The third-order valence-electron chi connectivity index (χ3n) is 1.73. The van der Waals surface area contributed by atoms with Gasteiger partial charge in [-0.3, -0.25) is 9.89 Å². The van der Waals surface area contributed by atoms with Crippen molar-refractivity contribution in [3.63, 3.8) is 0 Å². The largest absolute Gasteiger partial charge is 0.296 e. The maximum atomic E-state index is 10.6. The lowest BCUT2D eigenvalue weighted by molar-refractivity contribution is 0.111. The number of nitrogens with zero attached hydrogens (tertiary/aromatic N) is 3. The third-order valence-corrected chi connectivity index (χ3v) is 1.73. The minimum atomic E-state index is 0.533. The van der Waals surface area contributed by atoms with Crippen molar-refractivity contribution in [2.75, 3.05) is 0 Å². The number of hydrogen-bond acceptors (Lipinski definition) is 3. The van der Waals surface area contributed by atoms with Crippen LogP contribution < -0.4 is 0 Å². The molecular weight excluding hydrogens is 156 g/mol. The van der Waals surface area contributed by atoms with Crippen molar-refractivity contribution in [1.29, 1.82) is 0 Å². The van der Waals surface area contributed by atoms with Crippen LogP contribution in [-0.4, -0.2) is 25.9 Å². The predicted octanol–water partition coefficient (Wildman–Crippen LogP) is 0.487. The van der Waals surface area contributed by atoms with Crippen molar-refractivity contribution in [3.8, 4) is 0 Å². The van der Waals surface area contributed by atoms with E-state index in [0.29, 0.717) is 17.2 Å². The van der Waals surface area contributed by atoms with Crippen LogP contribution in [0.2, 0.25) is 0 Å². The fourth-order valence-electron chi connectivity index (χ4n) is 1.19. The molecule has 62 valence electrons. The summed E-state index contributed by atoms with van der Waals surface area (Å²) in [6.45, 7) is 3.60. The topological polar surface area (TPSA) is 63.1 Å². The van der Waals surface area contributed by atoms with E-state index in [1.807, 2.05) is 6.92 Å². The first-order valence-corrected chi connectivity index (χ1v) is 3.59. The van der Waals surface area contributed by atoms with Crippen LogP contribution in [0.15, 0.2) is 0 Å². The molecule has 1 N–H and O–H groups in total. The van der Waals surface area contributed by atoms with Crippen LogP contribution >= 0.6 is 0 Å². The standard InChI is InChI=1S/C7H8N4O/c1-4-6(3-12)11-7(8-4)9-5(2)10-11/h3H,1-2H3,(H,8,9,10). The third kappa shape index (κ3) is 0.761. The van der Waals surface area contributed by atoms with E-state index in [0.717, 1.165) is 12.1 Å². The molecule has 0 unspecified atom stereocenters. The highest BCUT2D eigenvalue weighted by Crippen LogP contribution is 2.06. The Kier molecular flexibility index (Phi) is 1.27. The predicted molar refractivity (Wildman–Crippen MR) is 42.2 cm³/mol. The molecule has 2 rings (SSSR count). The molecular formula is C7H8N4O. The van der Waals surface area contributed by atoms with Gasteiger partial charge >= 0.3 is 0 Å². The summed E-state index contributed by atoms with van der Waals surface area (Å²) in [4.78, 5) is 18.8. The molecule has 0 radical (unpaired) electrons. The second kappa shape index (κ2) is 2.17. The number of carbonyl (C=O) groups is 1. The average Bonchev–Trinajstić information content (AvgIpc) is 2.43. The molecule has 0 bridgehead atoms. The van der Waals surface area contributed by atoms with Gasteiger partial charge in [-0.2, -0.15) is 4.98 Å². The summed E-state index contributed by atoms with van der Waals surface area (Å²) in [7, 11) is 0. The molecule has 0 spiro atoms. The zero-order valence-corrected chi connectivity index (χ0v) is 6.83. The monoisotopic (exact) mass is 164 g/mol. The molecule has 0 aliphatic rings. The van der Waals surface area contributed by atoms with Crippen LogP contribution in [0.5, 0.6) is 0 Å². The number of hydrogen-bond donors (Lipinski definition) is 1. The van der Waals surface area contributed by atoms with Gasteiger partial charge in [0.15, 0.2) is 6.29 Å². The van der Waals surface area contributed by atoms with Crippen LogP contribution in [0.3, 0.4) is 0 Å². The van der Waals surface area contributed by atoms with E-state index in [1.54, 1.807) is 11.4 Å². The van der Waals surface area contributed by atoms with Crippen molar-refractivity contribution in [2.45, 2.75) is 13.8 Å². The van der Waals surface area contributed by atoms with Crippen LogP contribution in [0, 0.1) is 13.8 Å². The van der Waals surface area contributed by atoms with Crippen LogP contribution in [0.25, 0.3) is 5.78 Å². The highest BCUT2D eigenvalue weighted by Gasteiger charge is 2.09. The number of carbonyl (C=O) groups excluding carboxylic acids is 1. The molecule has 2 aromatic rings. The molecule has 2 heterocycles. The molecule has 5 nitrogen and oxygen atoms in total. The molecule has 0 aromatic carbocycles. The number of nitrogens with one attached hydrogen (secondary N) is 1.